The van der Waals surface area contributed by atoms with E-state index in [2.05, 4.69) is 55.6 Å². The standard InChI is InChI=1S/C22H31NO/c1-3-5-9-19(4-2)16-23-17-20-12-14-22(15-13-20)24-18-21-10-7-6-8-11-21/h6-8,10-15,19,23H,3-5,9,16-18H2,1-2H3. The van der Waals surface area contributed by atoms with E-state index in [1.807, 2.05) is 18.2 Å². The number of hydrogen-bond acceptors (Lipinski definition) is 2. The molecule has 1 N–H and O–H groups in total. The molecule has 2 aromatic carbocycles. The summed E-state index contributed by atoms with van der Waals surface area (Å²) in [5.74, 6) is 1.73. The average molecular weight is 325 g/mol. The number of hydrogen-bond donors (Lipinski definition) is 1. The van der Waals surface area contributed by atoms with Crippen LogP contribution in [-0.2, 0) is 13.2 Å². The Kier molecular flexibility index (Phi) is 8.40. The van der Waals surface area contributed by atoms with E-state index in [1.54, 1.807) is 0 Å². The molecular formula is C22H31NO. The Morgan fingerprint density at radius 1 is 0.917 bits per heavy atom. The third-order valence-corrected chi connectivity index (χ3v) is 4.48. The molecule has 0 aromatic heterocycles. The highest BCUT2D eigenvalue weighted by molar-refractivity contribution is 5.27. The fourth-order valence-electron chi connectivity index (χ4n) is 2.81. The lowest BCUT2D eigenvalue weighted by Crippen LogP contribution is -2.22. The highest BCUT2D eigenvalue weighted by atomic mass is 16.5. The van der Waals surface area contributed by atoms with Crippen LogP contribution in [0.4, 0.5) is 0 Å². The molecule has 24 heavy (non-hydrogen) atoms. The van der Waals surface area contributed by atoms with Crippen molar-refractivity contribution >= 4 is 0 Å². The molecule has 0 bridgehead atoms. The van der Waals surface area contributed by atoms with E-state index in [9.17, 15) is 0 Å². The normalized spacial score (nSPS) is 12.1. The predicted molar refractivity (Wildman–Crippen MR) is 102 cm³/mol. The first kappa shape index (κ1) is 18.5. The zero-order valence-electron chi connectivity index (χ0n) is 15.1. The second-order valence-electron chi connectivity index (χ2n) is 6.47. The Morgan fingerprint density at radius 3 is 2.33 bits per heavy atom. The van der Waals surface area contributed by atoms with Gasteiger partial charge in [0.25, 0.3) is 0 Å². The molecule has 0 saturated heterocycles. The highest BCUT2D eigenvalue weighted by Gasteiger charge is 2.05. The molecule has 2 heteroatoms. The van der Waals surface area contributed by atoms with Crippen LogP contribution >= 0.6 is 0 Å². The van der Waals surface area contributed by atoms with Crippen LogP contribution in [0.15, 0.2) is 54.6 Å². The lowest BCUT2D eigenvalue weighted by Gasteiger charge is -2.15. The van der Waals surface area contributed by atoms with Gasteiger partial charge in [-0.1, -0.05) is 75.6 Å². The van der Waals surface area contributed by atoms with Gasteiger partial charge < -0.3 is 10.1 Å². The molecule has 0 fully saturated rings. The van der Waals surface area contributed by atoms with Crippen molar-refractivity contribution in [1.82, 2.24) is 5.32 Å². The maximum atomic E-state index is 5.83. The van der Waals surface area contributed by atoms with Crippen molar-refractivity contribution in [3.05, 3.63) is 65.7 Å². The zero-order valence-corrected chi connectivity index (χ0v) is 15.1. The molecule has 0 saturated carbocycles. The van der Waals surface area contributed by atoms with Gasteiger partial charge in [0, 0.05) is 6.54 Å². The monoisotopic (exact) mass is 325 g/mol. The number of unbranched alkanes of at least 4 members (excludes halogenated alkanes) is 1. The van der Waals surface area contributed by atoms with E-state index in [4.69, 9.17) is 4.74 Å². The van der Waals surface area contributed by atoms with E-state index in [0.29, 0.717) is 6.61 Å². The fraction of sp³-hybridized carbons (Fsp3) is 0.455. The molecule has 0 aliphatic rings. The number of ether oxygens (including phenoxy) is 1. The van der Waals surface area contributed by atoms with Gasteiger partial charge in [0.05, 0.1) is 0 Å². The molecule has 0 aliphatic heterocycles. The molecule has 2 rings (SSSR count). The van der Waals surface area contributed by atoms with Gasteiger partial charge in [-0.05, 0) is 42.1 Å². The average Bonchev–Trinajstić information content (AvgIpc) is 2.64. The van der Waals surface area contributed by atoms with Gasteiger partial charge in [0.1, 0.15) is 12.4 Å². The maximum absolute atomic E-state index is 5.83. The fourth-order valence-corrected chi connectivity index (χ4v) is 2.81. The Labute approximate surface area is 147 Å². The summed E-state index contributed by atoms with van der Waals surface area (Å²) in [6, 6.07) is 18.7. The summed E-state index contributed by atoms with van der Waals surface area (Å²) >= 11 is 0. The lowest BCUT2D eigenvalue weighted by atomic mass is 9.99. The maximum Gasteiger partial charge on any atom is 0.119 e. The Balaban J connectivity index is 1.71. The van der Waals surface area contributed by atoms with E-state index in [-0.39, 0.29) is 0 Å². The van der Waals surface area contributed by atoms with Gasteiger partial charge in [0.2, 0.25) is 0 Å². The molecule has 1 unspecified atom stereocenters. The molecule has 0 radical (unpaired) electrons. The van der Waals surface area contributed by atoms with Crippen molar-refractivity contribution < 1.29 is 4.74 Å². The van der Waals surface area contributed by atoms with Crippen molar-refractivity contribution in [2.24, 2.45) is 5.92 Å². The van der Waals surface area contributed by atoms with Gasteiger partial charge in [-0.25, -0.2) is 0 Å². The molecule has 0 spiro atoms. The van der Waals surface area contributed by atoms with E-state index >= 15 is 0 Å². The molecule has 0 aliphatic carbocycles. The minimum absolute atomic E-state index is 0.619. The van der Waals surface area contributed by atoms with Crippen LogP contribution < -0.4 is 10.1 Å². The minimum atomic E-state index is 0.619. The SMILES string of the molecule is CCCCC(CC)CNCc1ccc(OCc2ccccc2)cc1. The summed E-state index contributed by atoms with van der Waals surface area (Å²) in [5, 5.41) is 3.60. The van der Waals surface area contributed by atoms with Crippen LogP contribution in [0.25, 0.3) is 0 Å². The smallest absolute Gasteiger partial charge is 0.119 e. The molecule has 0 amide bonds. The molecule has 130 valence electrons. The summed E-state index contributed by atoms with van der Waals surface area (Å²) < 4.78 is 5.83. The van der Waals surface area contributed by atoms with Crippen LogP contribution in [0.2, 0.25) is 0 Å². The highest BCUT2D eigenvalue weighted by Crippen LogP contribution is 2.15. The van der Waals surface area contributed by atoms with Gasteiger partial charge in [-0.2, -0.15) is 0 Å². The summed E-state index contributed by atoms with van der Waals surface area (Å²) in [5.41, 5.74) is 2.51. The van der Waals surface area contributed by atoms with Crippen LogP contribution in [0.5, 0.6) is 5.75 Å². The molecule has 2 aromatic rings. The number of benzene rings is 2. The molecule has 0 heterocycles. The van der Waals surface area contributed by atoms with Gasteiger partial charge in [0.15, 0.2) is 0 Å². The van der Waals surface area contributed by atoms with Gasteiger partial charge in [-0.3, -0.25) is 0 Å². The van der Waals surface area contributed by atoms with Crippen molar-refractivity contribution in [3.63, 3.8) is 0 Å². The van der Waals surface area contributed by atoms with Crippen molar-refractivity contribution in [3.8, 4) is 5.75 Å². The van der Waals surface area contributed by atoms with Gasteiger partial charge in [-0.15, -0.1) is 0 Å². The van der Waals surface area contributed by atoms with Crippen molar-refractivity contribution in [2.75, 3.05) is 6.54 Å². The van der Waals surface area contributed by atoms with Crippen LogP contribution in [0.3, 0.4) is 0 Å². The Bertz CT molecular complexity index is 550. The summed E-state index contributed by atoms with van der Waals surface area (Å²) in [6.07, 6.45) is 5.24. The van der Waals surface area contributed by atoms with E-state index in [0.717, 1.165) is 24.8 Å². The third-order valence-electron chi connectivity index (χ3n) is 4.48. The lowest BCUT2D eigenvalue weighted by molar-refractivity contribution is 0.306. The van der Waals surface area contributed by atoms with E-state index in [1.165, 1.54) is 36.8 Å². The van der Waals surface area contributed by atoms with Crippen LogP contribution in [0, 0.1) is 5.92 Å². The number of nitrogens with one attached hydrogen (secondary N) is 1. The number of rotatable bonds is 11. The van der Waals surface area contributed by atoms with Crippen LogP contribution in [0.1, 0.15) is 50.7 Å². The second-order valence-corrected chi connectivity index (χ2v) is 6.47. The largest absolute Gasteiger partial charge is 0.489 e. The predicted octanol–water partition coefficient (Wildman–Crippen LogP) is 5.57. The quantitative estimate of drug-likeness (QED) is 0.583. The zero-order chi connectivity index (χ0) is 17.0. The topological polar surface area (TPSA) is 21.3 Å². The Morgan fingerprint density at radius 2 is 1.67 bits per heavy atom. The summed E-state index contributed by atoms with van der Waals surface area (Å²) in [7, 11) is 0. The minimum Gasteiger partial charge on any atom is -0.489 e. The second kappa shape index (κ2) is 10.9. The van der Waals surface area contributed by atoms with Gasteiger partial charge >= 0.3 is 0 Å². The third kappa shape index (κ3) is 6.76. The first-order valence-corrected chi connectivity index (χ1v) is 9.28. The van der Waals surface area contributed by atoms with E-state index < -0.39 is 0 Å². The molecular weight excluding hydrogens is 294 g/mol. The Hall–Kier alpha value is -1.80. The first-order chi connectivity index (χ1) is 11.8. The summed E-state index contributed by atoms with van der Waals surface area (Å²) in [4.78, 5) is 0. The van der Waals surface area contributed by atoms with Crippen LogP contribution in [-0.4, -0.2) is 6.54 Å². The van der Waals surface area contributed by atoms with Crippen molar-refractivity contribution in [1.29, 1.82) is 0 Å². The molecule has 1 atom stereocenters. The van der Waals surface area contributed by atoms with Crippen molar-refractivity contribution in [2.45, 2.75) is 52.7 Å². The molecule has 2 nitrogen and oxygen atoms in total. The summed E-state index contributed by atoms with van der Waals surface area (Å²) in [6.45, 7) is 7.22. The first-order valence-electron chi connectivity index (χ1n) is 9.28.